The van der Waals surface area contributed by atoms with Crippen molar-refractivity contribution in [2.24, 2.45) is 0 Å². The molecule has 1 heterocycles. The summed E-state index contributed by atoms with van der Waals surface area (Å²) < 4.78 is 0. The zero-order valence-corrected chi connectivity index (χ0v) is 7.33. The van der Waals surface area contributed by atoms with Gasteiger partial charge in [-0.2, -0.15) is 0 Å². The second-order valence-electron chi connectivity index (χ2n) is 2.88. The third-order valence-electron chi connectivity index (χ3n) is 2.01. The van der Waals surface area contributed by atoms with Gasteiger partial charge in [0.05, 0.1) is 0 Å². The SMILES string of the molecule is [CH2]Cc1ccc(-c2ncc[nH]2)cc1. The van der Waals surface area contributed by atoms with E-state index in [4.69, 9.17) is 0 Å². The molecule has 0 aliphatic heterocycles. The van der Waals surface area contributed by atoms with Gasteiger partial charge < -0.3 is 4.98 Å². The summed E-state index contributed by atoms with van der Waals surface area (Å²) in [5.41, 5.74) is 2.36. The fraction of sp³-hybridized carbons (Fsp3) is 0.0909. The first-order chi connectivity index (χ1) is 6.40. The molecule has 0 aliphatic rings. The standard InChI is InChI=1S/C11H11N2/c1-2-9-3-5-10(6-4-9)11-12-7-8-13-11/h3-8H,1-2H2,(H,12,13). The number of hydrogen-bond donors (Lipinski definition) is 1. The summed E-state index contributed by atoms with van der Waals surface area (Å²) in [5.74, 6) is 0.913. The topological polar surface area (TPSA) is 28.7 Å². The van der Waals surface area contributed by atoms with Gasteiger partial charge in [0.25, 0.3) is 0 Å². The van der Waals surface area contributed by atoms with E-state index in [2.05, 4.69) is 41.2 Å². The fourth-order valence-electron chi connectivity index (χ4n) is 1.25. The van der Waals surface area contributed by atoms with E-state index in [-0.39, 0.29) is 0 Å². The zero-order valence-electron chi connectivity index (χ0n) is 7.33. The van der Waals surface area contributed by atoms with Crippen LogP contribution >= 0.6 is 0 Å². The van der Waals surface area contributed by atoms with Gasteiger partial charge in [0.15, 0.2) is 0 Å². The van der Waals surface area contributed by atoms with Crippen LogP contribution in [-0.4, -0.2) is 9.97 Å². The predicted molar refractivity (Wildman–Crippen MR) is 53.1 cm³/mol. The quantitative estimate of drug-likeness (QED) is 0.738. The van der Waals surface area contributed by atoms with Crippen molar-refractivity contribution in [1.82, 2.24) is 9.97 Å². The second-order valence-corrected chi connectivity index (χ2v) is 2.88. The Bertz CT molecular complexity index is 359. The minimum Gasteiger partial charge on any atom is -0.345 e. The van der Waals surface area contributed by atoms with E-state index in [1.54, 1.807) is 6.20 Å². The number of H-pyrrole nitrogens is 1. The largest absolute Gasteiger partial charge is 0.345 e. The molecule has 0 saturated heterocycles. The molecule has 1 aromatic carbocycles. The maximum absolute atomic E-state index is 4.17. The molecular weight excluding hydrogens is 160 g/mol. The van der Waals surface area contributed by atoms with Gasteiger partial charge in [0.1, 0.15) is 5.82 Å². The fourth-order valence-corrected chi connectivity index (χ4v) is 1.25. The normalized spacial score (nSPS) is 10.2. The maximum atomic E-state index is 4.17. The summed E-state index contributed by atoms with van der Waals surface area (Å²) >= 11 is 0. The minimum atomic E-state index is 0.832. The summed E-state index contributed by atoms with van der Waals surface area (Å²) in [6.45, 7) is 3.82. The molecule has 0 spiro atoms. The van der Waals surface area contributed by atoms with E-state index in [1.807, 2.05) is 6.20 Å². The highest BCUT2D eigenvalue weighted by molar-refractivity contribution is 5.55. The van der Waals surface area contributed by atoms with Gasteiger partial charge >= 0.3 is 0 Å². The summed E-state index contributed by atoms with van der Waals surface area (Å²) in [5, 5.41) is 0. The first kappa shape index (κ1) is 8.05. The van der Waals surface area contributed by atoms with Crippen molar-refractivity contribution in [1.29, 1.82) is 0 Å². The summed E-state index contributed by atoms with van der Waals surface area (Å²) in [6, 6.07) is 8.26. The Morgan fingerprint density at radius 3 is 2.54 bits per heavy atom. The lowest BCUT2D eigenvalue weighted by Gasteiger charge is -1.98. The van der Waals surface area contributed by atoms with Crippen LogP contribution in [0, 0.1) is 6.92 Å². The highest BCUT2D eigenvalue weighted by Gasteiger charge is 1.97. The molecular formula is C11H11N2. The smallest absolute Gasteiger partial charge is 0.137 e. The van der Waals surface area contributed by atoms with Gasteiger partial charge in [0.2, 0.25) is 0 Å². The third-order valence-corrected chi connectivity index (χ3v) is 2.01. The Morgan fingerprint density at radius 2 is 2.00 bits per heavy atom. The number of imidazole rings is 1. The van der Waals surface area contributed by atoms with Crippen LogP contribution in [0.2, 0.25) is 0 Å². The lowest BCUT2D eigenvalue weighted by Crippen LogP contribution is -1.82. The van der Waals surface area contributed by atoms with E-state index in [9.17, 15) is 0 Å². The Morgan fingerprint density at radius 1 is 1.23 bits per heavy atom. The first-order valence-corrected chi connectivity index (χ1v) is 4.28. The van der Waals surface area contributed by atoms with Crippen LogP contribution in [0.25, 0.3) is 11.4 Å². The Kier molecular flexibility index (Phi) is 2.13. The molecule has 2 heteroatoms. The summed E-state index contributed by atoms with van der Waals surface area (Å²) in [7, 11) is 0. The van der Waals surface area contributed by atoms with Gasteiger partial charge in [-0.05, 0) is 18.9 Å². The first-order valence-electron chi connectivity index (χ1n) is 4.28. The van der Waals surface area contributed by atoms with Gasteiger partial charge in [-0.15, -0.1) is 0 Å². The average molecular weight is 171 g/mol. The van der Waals surface area contributed by atoms with Crippen molar-refractivity contribution in [2.45, 2.75) is 6.42 Å². The van der Waals surface area contributed by atoms with Crippen molar-refractivity contribution in [3.8, 4) is 11.4 Å². The zero-order chi connectivity index (χ0) is 9.10. The molecule has 1 radical (unpaired) electrons. The van der Waals surface area contributed by atoms with Crippen molar-refractivity contribution in [3.05, 3.63) is 49.1 Å². The number of rotatable bonds is 2. The van der Waals surface area contributed by atoms with E-state index in [1.165, 1.54) is 5.56 Å². The van der Waals surface area contributed by atoms with Crippen molar-refractivity contribution in [3.63, 3.8) is 0 Å². The van der Waals surface area contributed by atoms with E-state index >= 15 is 0 Å². The molecule has 0 amide bonds. The van der Waals surface area contributed by atoms with Crippen LogP contribution in [0.3, 0.4) is 0 Å². The average Bonchev–Trinajstić information content (AvgIpc) is 2.71. The molecule has 1 N–H and O–H groups in total. The number of benzene rings is 1. The molecule has 2 rings (SSSR count). The maximum Gasteiger partial charge on any atom is 0.137 e. The lowest BCUT2D eigenvalue weighted by atomic mass is 10.1. The number of aromatic amines is 1. The van der Waals surface area contributed by atoms with Crippen LogP contribution in [0.1, 0.15) is 5.56 Å². The number of nitrogens with zero attached hydrogens (tertiary/aromatic N) is 1. The van der Waals surface area contributed by atoms with Gasteiger partial charge in [-0.3, -0.25) is 0 Å². The van der Waals surface area contributed by atoms with Gasteiger partial charge in [-0.1, -0.05) is 24.3 Å². The highest BCUT2D eigenvalue weighted by atomic mass is 14.9. The van der Waals surface area contributed by atoms with Crippen LogP contribution < -0.4 is 0 Å². The molecule has 2 aromatic rings. The van der Waals surface area contributed by atoms with Gasteiger partial charge in [0, 0.05) is 18.0 Å². The molecule has 13 heavy (non-hydrogen) atoms. The Balaban J connectivity index is 2.33. The van der Waals surface area contributed by atoms with Crippen LogP contribution in [0.5, 0.6) is 0 Å². The highest BCUT2D eigenvalue weighted by Crippen LogP contribution is 2.14. The third kappa shape index (κ3) is 1.61. The van der Waals surface area contributed by atoms with Crippen molar-refractivity contribution in [2.75, 3.05) is 0 Å². The number of hydrogen-bond acceptors (Lipinski definition) is 1. The summed E-state index contributed by atoms with van der Waals surface area (Å²) in [4.78, 5) is 7.23. The number of aromatic nitrogens is 2. The van der Waals surface area contributed by atoms with E-state index < -0.39 is 0 Å². The molecule has 1 aromatic heterocycles. The second kappa shape index (κ2) is 3.44. The summed E-state index contributed by atoms with van der Waals surface area (Å²) in [6.07, 6.45) is 4.41. The molecule has 65 valence electrons. The van der Waals surface area contributed by atoms with Crippen LogP contribution in [0.4, 0.5) is 0 Å². The molecule has 2 nitrogen and oxygen atoms in total. The molecule has 0 atom stereocenters. The van der Waals surface area contributed by atoms with Crippen molar-refractivity contribution < 1.29 is 0 Å². The van der Waals surface area contributed by atoms with Gasteiger partial charge in [-0.25, -0.2) is 4.98 Å². The monoisotopic (exact) mass is 171 g/mol. The predicted octanol–water partition coefficient (Wildman–Crippen LogP) is 2.45. The molecule has 0 fully saturated rings. The molecule has 0 saturated carbocycles. The lowest BCUT2D eigenvalue weighted by molar-refractivity contribution is 1.26. The van der Waals surface area contributed by atoms with E-state index in [0.29, 0.717) is 0 Å². The Hall–Kier alpha value is -1.57. The minimum absolute atomic E-state index is 0.832. The van der Waals surface area contributed by atoms with E-state index in [0.717, 1.165) is 17.8 Å². The van der Waals surface area contributed by atoms with Crippen molar-refractivity contribution >= 4 is 0 Å². The van der Waals surface area contributed by atoms with Crippen LogP contribution in [0.15, 0.2) is 36.7 Å². The molecule has 0 unspecified atom stereocenters. The molecule has 0 bridgehead atoms. The number of nitrogens with one attached hydrogen (secondary N) is 1. The Labute approximate surface area is 77.6 Å². The molecule has 0 aliphatic carbocycles. The van der Waals surface area contributed by atoms with Crippen LogP contribution in [-0.2, 0) is 6.42 Å².